The summed E-state index contributed by atoms with van der Waals surface area (Å²) < 4.78 is 0. The van der Waals surface area contributed by atoms with Gasteiger partial charge in [0.2, 0.25) is 0 Å². The fraction of sp³-hybridized carbons (Fsp3) is 0.250. The van der Waals surface area contributed by atoms with Crippen molar-refractivity contribution in [3.05, 3.63) is 59.7 Å². The maximum absolute atomic E-state index is 3.65. The number of para-hydroxylation sites is 2. The third-order valence-electron chi connectivity index (χ3n) is 4.27. The first-order valence-corrected chi connectivity index (χ1v) is 6.51. The van der Waals surface area contributed by atoms with Crippen molar-refractivity contribution >= 4 is 11.4 Å². The minimum Gasteiger partial charge on any atom is -0.364 e. The van der Waals surface area contributed by atoms with E-state index in [0.29, 0.717) is 12.1 Å². The van der Waals surface area contributed by atoms with Crippen LogP contribution in [0.1, 0.15) is 17.0 Å². The second-order valence-corrected chi connectivity index (χ2v) is 5.23. The Balaban J connectivity index is 1.84. The molecule has 90 valence electrons. The number of hydrogen-bond acceptors (Lipinski definition) is 2. The van der Waals surface area contributed by atoms with Gasteiger partial charge in [0.25, 0.3) is 0 Å². The summed E-state index contributed by atoms with van der Waals surface area (Å²) in [6, 6.07) is 17.4. The van der Waals surface area contributed by atoms with Crippen LogP contribution in [0.2, 0.25) is 0 Å². The highest BCUT2D eigenvalue weighted by molar-refractivity contribution is 5.67. The van der Waals surface area contributed by atoms with Crippen LogP contribution in [0.15, 0.2) is 48.5 Å². The summed E-state index contributed by atoms with van der Waals surface area (Å²) in [6.07, 6.45) is 1.53. The topological polar surface area (TPSA) is 15.3 Å². The van der Waals surface area contributed by atoms with E-state index in [1.165, 1.54) is 22.5 Å². The Hall–Kier alpha value is -1.96. The van der Waals surface area contributed by atoms with Crippen molar-refractivity contribution in [3.8, 4) is 0 Å². The van der Waals surface area contributed by atoms with Gasteiger partial charge in [-0.1, -0.05) is 36.4 Å². The second kappa shape index (κ2) is 3.52. The van der Waals surface area contributed by atoms with Gasteiger partial charge < -0.3 is 10.2 Å². The van der Waals surface area contributed by atoms with Gasteiger partial charge in [-0.25, -0.2) is 0 Å². The van der Waals surface area contributed by atoms with Crippen LogP contribution >= 0.6 is 0 Å². The third-order valence-corrected chi connectivity index (χ3v) is 4.27. The fourth-order valence-corrected chi connectivity index (χ4v) is 3.38. The molecule has 0 saturated heterocycles. The van der Waals surface area contributed by atoms with Crippen molar-refractivity contribution in [3.63, 3.8) is 0 Å². The zero-order valence-corrected chi connectivity index (χ0v) is 10.4. The Morgan fingerprint density at radius 1 is 1.06 bits per heavy atom. The second-order valence-electron chi connectivity index (χ2n) is 5.23. The lowest BCUT2D eigenvalue weighted by atomic mass is 9.87. The molecular formula is C16H16N2. The number of likely N-dealkylation sites (N-methyl/N-ethyl adjacent to an activating group) is 1. The van der Waals surface area contributed by atoms with Crippen LogP contribution in [0, 0.1) is 0 Å². The van der Waals surface area contributed by atoms with Crippen LogP contribution in [-0.2, 0) is 6.42 Å². The number of nitrogens with one attached hydrogen (secondary N) is 1. The predicted octanol–water partition coefficient (Wildman–Crippen LogP) is 3.21. The van der Waals surface area contributed by atoms with Crippen molar-refractivity contribution in [2.24, 2.45) is 0 Å². The van der Waals surface area contributed by atoms with E-state index in [1.807, 2.05) is 0 Å². The predicted molar refractivity (Wildman–Crippen MR) is 75.1 cm³/mol. The molecule has 0 fully saturated rings. The van der Waals surface area contributed by atoms with E-state index in [9.17, 15) is 0 Å². The molecule has 0 amide bonds. The highest BCUT2D eigenvalue weighted by atomic mass is 15.3. The molecule has 0 aliphatic carbocycles. The first-order chi connectivity index (χ1) is 8.84. The van der Waals surface area contributed by atoms with E-state index in [1.54, 1.807) is 0 Å². The van der Waals surface area contributed by atoms with E-state index in [2.05, 4.69) is 65.8 Å². The van der Waals surface area contributed by atoms with Crippen LogP contribution in [0.25, 0.3) is 0 Å². The third kappa shape index (κ3) is 1.23. The SMILES string of the molecule is CN1c2ccccc2CC2c3ccccc3NC21. The molecule has 2 aliphatic rings. The van der Waals surface area contributed by atoms with Gasteiger partial charge in [-0.3, -0.25) is 0 Å². The van der Waals surface area contributed by atoms with Crippen molar-refractivity contribution in [2.75, 3.05) is 17.3 Å². The summed E-state index contributed by atoms with van der Waals surface area (Å²) >= 11 is 0. The summed E-state index contributed by atoms with van der Waals surface area (Å²) in [5.41, 5.74) is 5.58. The van der Waals surface area contributed by atoms with Crippen molar-refractivity contribution in [1.82, 2.24) is 0 Å². The van der Waals surface area contributed by atoms with Gasteiger partial charge in [-0.15, -0.1) is 0 Å². The zero-order valence-electron chi connectivity index (χ0n) is 10.4. The Morgan fingerprint density at radius 3 is 2.78 bits per heavy atom. The molecule has 1 N–H and O–H groups in total. The van der Waals surface area contributed by atoms with E-state index in [-0.39, 0.29) is 0 Å². The van der Waals surface area contributed by atoms with Crippen molar-refractivity contribution < 1.29 is 0 Å². The lowest BCUT2D eigenvalue weighted by molar-refractivity contribution is 0.553. The first-order valence-electron chi connectivity index (χ1n) is 6.51. The molecule has 2 nitrogen and oxygen atoms in total. The van der Waals surface area contributed by atoms with E-state index >= 15 is 0 Å². The molecule has 0 spiro atoms. The molecule has 2 aromatic rings. The molecule has 2 atom stereocenters. The lowest BCUT2D eigenvalue weighted by Gasteiger charge is -2.38. The van der Waals surface area contributed by atoms with E-state index in [4.69, 9.17) is 0 Å². The van der Waals surface area contributed by atoms with Crippen LogP contribution < -0.4 is 10.2 Å². The average Bonchev–Trinajstić information content (AvgIpc) is 2.79. The standard InChI is InChI=1S/C16H16N2/c1-18-15-9-5-2-6-11(15)10-13-12-7-3-4-8-14(12)17-16(13)18/h2-9,13,16-17H,10H2,1H3. The van der Waals surface area contributed by atoms with Crippen LogP contribution in [0.3, 0.4) is 0 Å². The Kier molecular flexibility index (Phi) is 1.95. The number of benzene rings is 2. The van der Waals surface area contributed by atoms with Crippen LogP contribution in [0.4, 0.5) is 11.4 Å². The van der Waals surface area contributed by atoms with Gasteiger partial charge >= 0.3 is 0 Å². The van der Waals surface area contributed by atoms with Crippen LogP contribution in [0.5, 0.6) is 0 Å². The van der Waals surface area contributed by atoms with Gasteiger partial charge in [0.1, 0.15) is 6.17 Å². The molecule has 0 bridgehead atoms. The number of hydrogen-bond donors (Lipinski definition) is 1. The van der Waals surface area contributed by atoms with E-state index in [0.717, 1.165) is 6.42 Å². The summed E-state index contributed by atoms with van der Waals surface area (Å²) in [5.74, 6) is 0.570. The van der Waals surface area contributed by atoms with Gasteiger partial charge in [-0.05, 0) is 29.7 Å². The summed E-state index contributed by atoms with van der Waals surface area (Å²) in [7, 11) is 2.19. The lowest BCUT2D eigenvalue weighted by Crippen LogP contribution is -2.43. The molecular weight excluding hydrogens is 220 g/mol. The number of fused-ring (bicyclic) bond motifs is 4. The quantitative estimate of drug-likeness (QED) is 0.755. The highest BCUT2D eigenvalue weighted by Crippen LogP contribution is 2.44. The highest BCUT2D eigenvalue weighted by Gasteiger charge is 2.38. The summed E-state index contributed by atoms with van der Waals surface area (Å²) in [5, 5.41) is 3.65. The molecule has 2 unspecified atom stereocenters. The molecule has 0 radical (unpaired) electrons. The van der Waals surface area contributed by atoms with Gasteiger partial charge in [0.05, 0.1) is 0 Å². The van der Waals surface area contributed by atoms with Gasteiger partial charge in [0.15, 0.2) is 0 Å². The maximum atomic E-state index is 3.65. The summed E-state index contributed by atoms with van der Waals surface area (Å²) in [6.45, 7) is 0. The molecule has 2 heteroatoms. The summed E-state index contributed by atoms with van der Waals surface area (Å²) in [4.78, 5) is 2.38. The van der Waals surface area contributed by atoms with Crippen LogP contribution in [-0.4, -0.2) is 13.2 Å². The molecule has 2 aromatic carbocycles. The van der Waals surface area contributed by atoms with Gasteiger partial charge in [-0.2, -0.15) is 0 Å². The molecule has 4 rings (SSSR count). The monoisotopic (exact) mass is 236 g/mol. The van der Waals surface area contributed by atoms with E-state index < -0.39 is 0 Å². The molecule has 0 aromatic heterocycles. The molecule has 2 heterocycles. The molecule has 2 aliphatic heterocycles. The Morgan fingerprint density at radius 2 is 1.83 bits per heavy atom. The number of nitrogens with zero attached hydrogens (tertiary/aromatic N) is 1. The number of anilines is 2. The van der Waals surface area contributed by atoms with Crippen molar-refractivity contribution in [2.45, 2.75) is 18.5 Å². The largest absolute Gasteiger partial charge is 0.364 e. The zero-order chi connectivity index (χ0) is 12.1. The average molecular weight is 236 g/mol. The smallest absolute Gasteiger partial charge is 0.106 e. The fourth-order valence-electron chi connectivity index (χ4n) is 3.38. The maximum Gasteiger partial charge on any atom is 0.106 e. The first kappa shape index (κ1) is 10.0. The Bertz CT molecular complexity index is 606. The normalized spacial score (nSPS) is 23.9. The minimum absolute atomic E-state index is 0.400. The minimum atomic E-state index is 0.400. The van der Waals surface area contributed by atoms with Gasteiger partial charge in [0, 0.05) is 24.3 Å². The number of rotatable bonds is 0. The molecule has 0 saturated carbocycles. The van der Waals surface area contributed by atoms with Crippen molar-refractivity contribution in [1.29, 1.82) is 0 Å². The Labute approximate surface area is 107 Å². The molecule has 18 heavy (non-hydrogen) atoms.